The van der Waals surface area contributed by atoms with Crippen LogP contribution in [0.25, 0.3) is 6.08 Å². The maximum absolute atomic E-state index is 12.3. The molecule has 1 heterocycles. The maximum atomic E-state index is 12.3. The van der Waals surface area contributed by atoms with Gasteiger partial charge in [-0.05, 0) is 41.3 Å². The largest absolute Gasteiger partial charge is 0.465 e. The van der Waals surface area contributed by atoms with Gasteiger partial charge in [0.05, 0.1) is 12.7 Å². The van der Waals surface area contributed by atoms with Gasteiger partial charge >= 0.3 is 11.9 Å². The molecule has 1 aliphatic rings. The molecule has 0 spiro atoms. The van der Waals surface area contributed by atoms with Crippen molar-refractivity contribution in [3.05, 3.63) is 76.9 Å². The summed E-state index contributed by atoms with van der Waals surface area (Å²) in [4.78, 5) is 37.3. The van der Waals surface area contributed by atoms with Gasteiger partial charge < -0.3 is 14.4 Å². The van der Waals surface area contributed by atoms with E-state index >= 15 is 0 Å². The summed E-state index contributed by atoms with van der Waals surface area (Å²) < 4.78 is 9.69. The highest BCUT2D eigenvalue weighted by molar-refractivity contribution is 5.91. The van der Waals surface area contributed by atoms with E-state index in [0.717, 1.165) is 17.5 Å². The summed E-state index contributed by atoms with van der Waals surface area (Å²) in [6.07, 6.45) is 3.62. The van der Waals surface area contributed by atoms with Gasteiger partial charge in [-0.25, -0.2) is 9.59 Å². The number of benzene rings is 2. The molecule has 0 saturated carbocycles. The highest BCUT2D eigenvalue weighted by Gasteiger charge is 2.20. The van der Waals surface area contributed by atoms with E-state index in [1.807, 2.05) is 18.2 Å². The summed E-state index contributed by atoms with van der Waals surface area (Å²) in [5.74, 6) is -1.23. The minimum Gasteiger partial charge on any atom is -0.465 e. The van der Waals surface area contributed by atoms with Gasteiger partial charge in [-0.15, -0.1) is 0 Å². The fourth-order valence-corrected chi connectivity index (χ4v) is 2.99. The maximum Gasteiger partial charge on any atom is 0.337 e. The zero-order valence-electron chi connectivity index (χ0n) is 15.6. The van der Waals surface area contributed by atoms with Crippen molar-refractivity contribution in [1.29, 1.82) is 0 Å². The lowest BCUT2D eigenvalue weighted by molar-refractivity contribution is -0.148. The summed E-state index contributed by atoms with van der Waals surface area (Å²) in [6, 6.07) is 14.6. The van der Waals surface area contributed by atoms with Gasteiger partial charge in [-0.2, -0.15) is 0 Å². The molecule has 0 bridgehead atoms. The van der Waals surface area contributed by atoms with Crippen LogP contribution in [0.4, 0.5) is 0 Å². The quantitative estimate of drug-likeness (QED) is 0.590. The van der Waals surface area contributed by atoms with E-state index in [2.05, 4.69) is 10.8 Å². The minimum absolute atomic E-state index is 0.210. The molecule has 1 amide bonds. The van der Waals surface area contributed by atoms with E-state index in [9.17, 15) is 14.4 Å². The van der Waals surface area contributed by atoms with Crippen LogP contribution in [0.15, 0.2) is 54.6 Å². The molecule has 0 fully saturated rings. The molecule has 2 aromatic carbocycles. The third kappa shape index (κ3) is 4.85. The topological polar surface area (TPSA) is 72.9 Å². The van der Waals surface area contributed by atoms with Crippen molar-refractivity contribution in [2.45, 2.75) is 13.0 Å². The second-order valence-corrected chi connectivity index (χ2v) is 6.39. The summed E-state index contributed by atoms with van der Waals surface area (Å²) in [6.45, 7) is 0.872. The number of fused-ring (bicyclic) bond motifs is 1. The minimum atomic E-state index is -0.595. The van der Waals surface area contributed by atoms with Crippen molar-refractivity contribution >= 4 is 23.9 Å². The van der Waals surface area contributed by atoms with Crippen molar-refractivity contribution < 1.29 is 23.9 Å². The monoisotopic (exact) mass is 379 g/mol. The lowest BCUT2D eigenvalue weighted by atomic mass is 10.00. The predicted molar refractivity (Wildman–Crippen MR) is 103 cm³/mol. The number of rotatable bonds is 5. The Kier molecular flexibility index (Phi) is 6.22. The van der Waals surface area contributed by atoms with E-state index in [0.29, 0.717) is 18.7 Å². The summed E-state index contributed by atoms with van der Waals surface area (Å²) >= 11 is 0. The normalized spacial score (nSPS) is 13.1. The molecule has 3 rings (SSSR count). The van der Waals surface area contributed by atoms with Crippen LogP contribution >= 0.6 is 0 Å². The lowest BCUT2D eigenvalue weighted by Gasteiger charge is -2.28. The second-order valence-electron chi connectivity index (χ2n) is 6.39. The van der Waals surface area contributed by atoms with Crippen molar-refractivity contribution in [3.8, 4) is 0 Å². The summed E-state index contributed by atoms with van der Waals surface area (Å²) in [5.41, 5.74) is 3.54. The van der Waals surface area contributed by atoms with Crippen molar-refractivity contribution in [2.24, 2.45) is 0 Å². The van der Waals surface area contributed by atoms with E-state index in [1.165, 1.54) is 18.7 Å². The first kappa shape index (κ1) is 19.4. The van der Waals surface area contributed by atoms with E-state index in [4.69, 9.17) is 4.74 Å². The Labute approximate surface area is 163 Å². The SMILES string of the molecule is COC(=O)c1ccc(/C=C/C(=O)OCC(=O)N2CCc3ccccc3C2)cc1. The average Bonchev–Trinajstić information content (AvgIpc) is 2.75. The van der Waals surface area contributed by atoms with Crippen LogP contribution in [0.5, 0.6) is 0 Å². The number of methoxy groups -OCH3 is 1. The first-order valence-corrected chi connectivity index (χ1v) is 8.94. The van der Waals surface area contributed by atoms with Gasteiger partial charge in [-0.1, -0.05) is 36.4 Å². The van der Waals surface area contributed by atoms with Crippen LogP contribution in [0.2, 0.25) is 0 Å². The van der Waals surface area contributed by atoms with Gasteiger partial charge in [0.1, 0.15) is 0 Å². The molecule has 0 aromatic heterocycles. The van der Waals surface area contributed by atoms with Gasteiger partial charge in [-0.3, -0.25) is 4.79 Å². The van der Waals surface area contributed by atoms with Gasteiger partial charge in [0, 0.05) is 19.2 Å². The molecule has 6 heteroatoms. The van der Waals surface area contributed by atoms with Crippen LogP contribution in [0, 0.1) is 0 Å². The molecular weight excluding hydrogens is 358 g/mol. The molecule has 144 valence electrons. The molecule has 0 radical (unpaired) electrons. The molecule has 1 aliphatic heterocycles. The van der Waals surface area contributed by atoms with Crippen LogP contribution in [0.1, 0.15) is 27.0 Å². The molecule has 28 heavy (non-hydrogen) atoms. The Bertz CT molecular complexity index is 901. The third-order valence-electron chi connectivity index (χ3n) is 4.56. The van der Waals surface area contributed by atoms with E-state index in [-0.39, 0.29) is 12.5 Å². The molecule has 0 N–H and O–H groups in total. The number of carbonyl (C=O) groups is 3. The number of carbonyl (C=O) groups excluding carboxylic acids is 3. The summed E-state index contributed by atoms with van der Waals surface area (Å²) in [7, 11) is 1.32. The van der Waals surface area contributed by atoms with Crippen LogP contribution < -0.4 is 0 Å². The van der Waals surface area contributed by atoms with Crippen molar-refractivity contribution in [1.82, 2.24) is 4.90 Å². The molecule has 0 unspecified atom stereocenters. The highest BCUT2D eigenvalue weighted by Crippen LogP contribution is 2.18. The fourth-order valence-electron chi connectivity index (χ4n) is 2.99. The number of amides is 1. The number of hydrogen-bond acceptors (Lipinski definition) is 5. The van der Waals surface area contributed by atoms with Gasteiger partial charge in [0.15, 0.2) is 6.61 Å². The Balaban J connectivity index is 1.48. The third-order valence-corrected chi connectivity index (χ3v) is 4.56. The van der Waals surface area contributed by atoms with Crippen LogP contribution in [-0.4, -0.2) is 43.0 Å². The predicted octanol–water partition coefficient (Wildman–Crippen LogP) is 2.61. The smallest absolute Gasteiger partial charge is 0.337 e. The molecule has 0 aliphatic carbocycles. The average molecular weight is 379 g/mol. The standard InChI is InChI=1S/C22H21NO5/c1-27-22(26)18-9-6-16(7-10-18)8-11-21(25)28-15-20(24)23-13-12-17-4-2-3-5-19(17)14-23/h2-11H,12-15H2,1H3/b11-8+. The van der Waals surface area contributed by atoms with Crippen LogP contribution in [0.3, 0.4) is 0 Å². The number of esters is 2. The Morgan fingerprint density at radius 3 is 2.46 bits per heavy atom. The zero-order valence-corrected chi connectivity index (χ0v) is 15.6. The summed E-state index contributed by atoms with van der Waals surface area (Å²) in [5, 5.41) is 0. The fraction of sp³-hybridized carbons (Fsp3) is 0.227. The highest BCUT2D eigenvalue weighted by atomic mass is 16.5. The first-order valence-electron chi connectivity index (χ1n) is 8.94. The molecule has 0 saturated heterocycles. The second kappa shape index (κ2) is 8.99. The first-order chi connectivity index (χ1) is 13.6. The Hall–Kier alpha value is -3.41. The lowest BCUT2D eigenvalue weighted by Crippen LogP contribution is -2.38. The Morgan fingerprint density at radius 2 is 1.75 bits per heavy atom. The van der Waals surface area contributed by atoms with E-state index < -0.39 is 11.9 Å². The van der Waals surface area contributed by atoms with E-state index in [1.54, 1.807) is 35.2 Å². The number of hydrogen-bond donors (Lipinski definition) is 0. The van der Waals surface area contributed by atoms with Crippen molar-refractivity contribution in [2.75, 3.05) is 20.3 Å². The van der Waals surface area contributed by atoms with Gasteiger partial charge in [0.25, 0.3) is 5.91 Å². The number of ether oxygens (including phenoxy) is 2. The van der Waals surface area contributed by atoms with Crippen molar-refractivity contribution in [3.63, 3.8) is 0 Å². The Morgan fingerprint density at radius 1 is 1.04 bits per heavy atom. The van der Waals surface area contributed by atoms with Crippen LogP contribution in [-0.2, 0) is 32.0 Å². The molecule has 6 nitrogen and oxygen atoms in total. The number of nitrogens with zero attached hydrogens (tertiary/aromatic N) is 1. The molecule has 2 aromatic rings. The van der Waals surface area contributed by atoms with Gasteiger partial charge in [0.2, 0.25) is 0 Å². The zero-order chi connectivity index (χ0) is 19.9. The molecule has 0 atom stereocenters. The molecular formula is C22H21NO5.